The van der Waals surface area contributed by atoms with Crippen molar-refractivity contribution in [1.82, 2.24) is 43.9 Å². The molecule has 0 saturated heterocycles. The monoisotopic (exact) mass is 532 g/mol. The first-order chi connectivity index (χ1) is 17.8. The lowest BCUT2D eigenvalue weighted by Gasteiger charge is -2.27. The zero-order valence-corrected chi connectivity index (χ0v) is 19.8. The van der Waals surface area contributed by atoms with Crippen molar-refractivity contribution in [2.45, 2.75) is 18.6 Å². The van der Waals surface area contributed by atoms with Crippen LogP contribution >= 0.6 is 11.6 Å². The summed E-state index contributed by atoms with van der Waals surface area (Å²) in [5, 5.41) is 18.4. The summed E-state index contributed by atoms with van der Waals surface area (Å²) in [5.41, 5.74) is 1.02. The molecule has 0 unspecified atom stereocenters. The van der Waals surface area contributed by atoms with Gasteiger partial charge in [-0.2, -0.15) is 19.0 Å². The summed E-state index contributed by atoms with van der Waals surface area (Å²) in [6.45, 7) is -0.948. The number of rotatable bonds is 6. The van der Waals surface area contributed by atoms with Crippen molar-refractivity contribution in [3.05, 3.63) is 65.8 Å². The Morgan fingerprint density at radius 1 is 1.16 bits per heavy atom. The van der Waals surface area contributed by atoms with Gasteiger partial charge in [-0.1, -0.05) is 11.6 Å². The van der Waals surface area contributed by atoms with Gasteiger partial charge >= 0.3 is 6.05 Å². The lowest BCUT2D eigenvalue weighted by Crippen LogP contribution is -2.33. The minimum atomic E-state index is -3.74. The Morgan fingerprint density at radius 3 is 2.70 bits per heavy atom. The van der Waals surface area contributed by atoms with E-state index in [-0.39, 0.29) is 23.0 Å². The Kier molecular flexibility index (Phi) is 5.29. The fourth-order valence-corrected chi connectivity index (χ4v) is 4.49. The van der Waals surface area contributed by atoms with Gasteiger partial charge in [0.05, 0.1) is 41.5 Å². The molecule has 6 heterocycles. The molecule has 1 aliphatic heterocycles. The van der Waals surface area contributed by atoms with Crippen LogP contribution in [0.5, 0.6) is 0 Å². The minimum Gasteiger partial charge on any atom is -0.342 e. The van der Waals surface area contributed by atoms with Crippen molar-refractivity contribution in [1.29, 1.82) is 0 Å². The van der Waals surface area contributed by atoms with E-state index in [0.29, 0.717) is 27.6 Å². The van der Waals surface area contributed by atoms with E-state index in [1.54, 1.807) is 40.8 Å². The first-order valence-corrected chi connectivity index (χ1v) is 11.4. The van der Waals surface area contributed by atoms with E-state index < -0.39 is 30.4 Å². The Labute approximate surface area is 211 Å². The largest absolute Gasteiger partial charge is 0.404 e. The highest BCUT2D eigenvalue weighted by molar-refractivity contribution is 6.30. The summed E-state index contributed by atoms with van der Waals surface area (Å²) in [7, 11) is 1.74. The topological polar surface area (TPSA) is 96.2 Å². The molecule has 1 N–H and O–H groups in total. The molecule has 0 bridgehead atoms. The zero-order valence-electron chi connectivity index (χ0n) is 19.0. The zero-order chi connectivity index (χ0) is 25.9. The van der Waals surface area contributed by atoms with E-state index in [0.717, 1.165) is 23.2 Å². The van der Waals surface area contributed by atoms with Crippen LogP contribution in [0.4, 0.5) is 29.2 Å². The molecule has 0 fully saturated rings. The van der Waals surface area contributed by atoms with Crippen molar-refractivity contribution >= 4 is 23.2 Å². The van der Waals surface area contributed by atoms with Crippen molar-refractivity contribution in [2.24, 2.45) is 7.05 Å². The maximum absolute atomic E-state index is 15.3. The molecular formula is C22H17ClF4N10. The molecule has 0 aliphatic carbocycles. The van der Waals surface area contributed by atoms with Crippen molar-refractivity contribution in [3.63, 3.8) is 0 Å². The first-order valence-electron chi connectivity index (χ1n) is 11.0. The smallest absolute Gasteiger partial charge is 0.342 e. The van der Waals surface area contributed by atoms with Gasteiger partial charge in [0.25, 0.3) is 0 Å². The summed E-state index contributed by atoms with van der Waals surface area (Å²) in [6, 6.07) is 0.0771. The van der Waals surface area contributed by atoms with Crippen molar-refractivity contribution in [3.8, 4) is 22.6 Å². The van der Waals surface area contributed by atoms with E-state index in [9.17, 15) is 8.78 Å². The number of nitrogens with zero attached hydrogens (tertiary/aromatic N) is 9. The average molecular weight is 533 g/mol. The molecule has 0 spiro atoms. The summed E-state index contributed by atoms with van der Waals surface area (Å²) >= 11 is 5.76. The van der Waals surface area contributed by atoms with Gasteiger partial charge in [0.15, 0.2) is 5.82 Å². The third kappa shape index (κ3) is 3.75. The third-order valence-corrected chi connectivity index (χ3v) is 6.32. The molecule has 0 aromatic carbocycles. The number of pyridine rings is 1. The predicted molar refractivity (Wildman–Crippen MR) is 125 cm³/mol. The number of fused-ring (bicyclic) bond motifs is 3. The van der Waals surface area contributed by atoms with Gasteiger partial charge in [-0.05, 0) is 12.1 Å². The van der Waals surface area contributed by atoms with E-state index in [1.807, 2.05) is 0 Å². The molecule has 37 heavy (non-hydrogen) atoms. The number of nitrogens with one attached hydrogen (secondary N) is 1. The summed E-state index contributed by atoms with van der Waals surface area (Å²) in [4.78, 5) is 4.07. The number of halogens is 5. The second kappa shape index (κ2) is 8.44. The summed E-state index contributed by atoms with van der Waals surface area (Å²) in [5.74, 6) is -0.335. The second-order valence-corrected chi connectivity index (χ2v) is 8.89. The Hall–Kier alpha value is -4.20. The first kappa shape index (κ1) is 23.2. The third-order valence-electron chi connectivity index (χ3n) is 6.12. The number of hydrogen-bond donors (Lipinski definition) is 1. The van der Waals surface area contributed by atoms with Crippen LogP contribution in [-0.2, 0) is 19.6 Å². The van der Waals surface area contributed by atoms with Crippen LogP contribution in [0.1, 0.15) is 11.9 Å². The molecule has 5 aromatic rings. The lowest BCUT2D eigenvalue weighted by molar-refractivity contribution is -0.0615. The molecule has 0 radical (unpaired) electrons. The molecule has 5 aromatic heterocycles. The van der Waals surface area contributed by atoms with Gasteiger partial charge in [-0.15, -0.1) is 10.2 Å². The SMILES string of the molecule is Cn1nccc1Nc1cc(-c2cc3n(c2)C[C@H](CF)n2c-3nnc2C(F)(F)n2cc(Cl)cn2)c(F)cn1. The normalized spacial score (nSPS) is 15.0. The number of aryl methyl sites for hydroxylation is 1. The van der Waals surface area contributed by atoms with Crippen LogP contribution in [0.2, 0.25) is 5.02 Å². The van der Waals surface area contributed by atoms with Gasteiger partial charge in [0, 0.05) is 37.0 Å². The molecule has 0 amide bonds. The van der Waals surface area contributed by atoms with Gasteiger partial charge in [-0.25, -0.2) is 18.4 Å². The highest BCUT2D eigenvalue weighted by Crippen LogP contribution is 2.40. The van der Waals surface area contributed by atoms with E-state index in [1.165, 1.54) is 6.07 Å². The standard InChI is InChI=1S/C22H17ClF4N10/c1-34-19(2-3-29-34)31-18-5-15(16(25)8-28-18)12-4-17-20-32-33-21(22(26,27)36-10-13(23)7-30-36)37(20)14(6-24)11-35(17)9-12/h2-5,7-10,14H,6,11H2,1H3,(H,28,31)/t14-/m0/s1. The quantitative estimate of drug-likeness (QED) is 0.326. The van der Waals surface area contributed by atoms with E-state index in [2.05, 4.69) is 30.7 Å². The maximum atomic E-state index is 15.3. The van der Waals surface area contributed by atoms with Gasteiger partial charge in [0.2, 0.25) is 5.82 Å². The average Bonchev–Trinajstić information content (AvgIpc) is 3.66. The fourth-order valence-electron chi connectivity index (χ4n) is 4.35. The Bertz CT molecular complexity index is 1620. The molecule has 190 valence electrons. The predicted octanol–water partition coefficient (Wildman–Crippen LogP) is 4.40. The van der Waals surface area contributed by atoms with Crippen LogP contribution in [0.15, 0.2) is 49.2 Å². The molecule has 10 nitrogen and oxygen atoms in total. The van der Waals surface area contributed by atoms with Crippen LogP contribution in [0.3, 0.4) is 0 Å². The van der Waals surface area contributed by atoms with Crippen LogP contribution in [-0.4, -0.2) is 50.6 Å². The van der Waals surface area contributed by atoms with Gasteiger partial charge < -0.3 is 9.88 Å². The highest BCUT2D eigenvalue weighted by Gasteiger charge is 2.44. The van der Waals surface area contributed by atoms with Crippen molar-refractivity contribution < 1.29 is 17.6 Å². The van der Waals surface area contributed by atoms with Crippen LogP contribution < -0.4 is 5.32 Å². The molecule has 15 heteroatoms. The number of aromatic nitrogens is 9. The summed E-state index contributed by atoms with van der Waals surface area (Å²) in [6.07, 6.45) is 6.30. The fraction of sp³-hybridized carbons (Fsp3) is 0.227. The Morgan fingerprint density at radius 2 is 2.00 bits per heavy atom. The lowest BCUT2D eigenvalue weighted by atomic mass is 10.1. The van der Waals surface area contributed by atoms with Crippen LogP contribution in [0.25, 0.3) is 22.6 Å². The van der Waals surface area contributed by atoms with Gasteiger partial charge in [0.1, 0.15) is 24.1 Å². The molecule has 6 rings (SSSR count). The maximum Gasteiger partial charge on any atom is 0.404 e. The molecule has 1 atom stereocenters. The van der Waals surface area contributed by atoms with E-state index in [4.69, 9.17) is 11.6 Å². The number of alkyl halides is 3. The van der Waals surface area contributed by atoms with Crippen molar-refractivity contribution in [2.75, 3.05) is 12.0 Å². The molecule has 0 saturated carbocycles. The number of anilines is 2. The van der Waals surface area contributed by atoms with Crippen LogP contribution in [0, 0.1) is 5.82 Å². The second-order valence-electron chi connectivity index (χ2n) is 8.45. The molecular weight excluding hydrogens is 516 g/mol. The Balaban J connectivity index is 1.41. The molecule has 1 aliphatic rings. The number of hydrogen-bond acceptors (Lipinski definition) is 6. The highest BCUT2D eigenvalue weighted by atomic mass is 35.5. The van der Waals surface area contributed by atoms with E-state index >= 15 is 8.78 Å². The van der Waals surface area contributed by atoms with Gasteiger partial charge in [-0.3, -0.25) is 9.25 Å². The summed E-state index contributed by atoms with van der Waals surface area (Å²) < 4.78 is 64.1. The minimum absolute atomic E-state index is 0.00659.